The zero-order valence-corrected chi connectivity index (χ0v) is 8.55. The molecule has 1 fully saturated rings. The molecule has 0 amide bonds. The number of aliphatic carboxylic acids is 1. The lowest BCUT2D eigenvalue weighted by atomic mass is 9.98. The number of rotatable bonds is 2. The average molecular weight is 214 g/mol. The molecule has 0 unspecified atom stereocenters. The zero-order chi connectivity index (χ0) is 11.2. The normalized spacial score (nSPS) is 17.2. The first-order valence-electron chi connectivity index (χ1n) is 5.18. The van der Waals surface area contributed by atoms with Crippen LogP contribution in [0, 0.1) is 0 Å². The third-order valence-electron chi connectivity index (χ3n) is 3.16. The van der Waals surface area contributed by atoms with Gasteiger partial charge in [0.15, 0.2) is 0 Å². The van der Waals surface area contributed by atoms with Crippen LogP contribution in [0.1, 0.15) is 18.5 Å². The standard InChI is InChI=1S/C12H10N2O2/c15-11(16)12(5-6-12)10-8-3-1-2-4-9(8)13-7-14-10/h1-4,7H,5-6H2,(H,15,16). The van der Waals surface area contributed by atoms with Crippen LogP contribution in [0.5, 0.6) is 0 Å². The van der Waals surface area contributed by atoms with Gasteiger partial charge in [0.05, 0.1) is 11.2 Å². The number of fused-ring (bicyclic) bond motifs is 1. The molecule has 1 aromatic carbocycles. The van der Waals surface area contributed by atoms with E-state index in [0.29, 0.717) is 18.5 Å². The second kappa shape index (κ2) is 3.01. The maximum absolute atomic E-state index is 11.3. The van der Waals surface area contributed by atoms with Crippen molar-refractivity contribution in [1.29, 1.82) is 0 Å². The van der Waals surface area contributed by atoms with Crippen LogP contribution in [-0.4, -0.2) is 21.0 Å². The van der Waals surface area contributed by atoms with Crippen molar-refractivity contribution in [3.05, 3.63) is 36.3 Å². The summed E-state index contributed by atoms with van der Waals surface area (Å²) in [5, 5.41) is 10.1. The molecule has 80 valence electrons. The number of hydrogen-bond donors (Lipinski definition) is 1. The number of aromatic nitrogens is 2. The Morgan fingerprint density at radius 3 is 2.69 bits per heavy atom. The first-order chi connectivity index (χ1) is 7.74. The number of benzene rings is 1. The van der Waals surface area contributed by atoms with E-state index < -0.39 is 11.4 Å². The lowest BCUT2D eigenvalue weighted by Crippen LogP contribution is -2.21. The van der Waals surface area contributed by atoms with Gasteiger partial charge in [-0.15, -0.1) is 0 Å². The SMILES string of the molecule is O=C(O)C1(c2ncnc3ccccc23)CC1. The van der Waals surface area contributed by atoms with Crippen molar-refractivity contribution >= 4 is 16.9 Å². The van der Waals surface area contributed by atoms with Gasteiger partial charge in [-0.3, -0.25) is 4.79 Å². The van der Waals surface area contributed by atoms with Crippen LogP contribution in [0.4, 0.5) is 0 Å². The van der Waals surface area contributed by atoms with Crippen LogP contribution in [0.25, 0.3) is 10.9 Å². The van der Waals surface area contributed by atoms with E-state index in [9.17, 15) is 9.90 Å². The highest BCUT2D eigenvalue weighted by molar-refractivity contribution is 5.92. The smallest absolute Gasteiger partial charge is 0.315 e. The molecule has 1 aliphatic rings. The van der Waals surface area contributed by atoms with Gasteiger partial charge in [0, 0.05) is 5.39 Å². The lowest BCUT2D eigenvalue weighted by Gasteiger charge is -2.11. The number of carboxylic acids is 1. The monoisotopic (exact) mass is 214 g/mol. The molecule has 1 saturated carbocycles. The second-order valence-electron chi connectivity index (χ2n) is 4.13. The topological polar surface area (TPSA) is 63.1 Å². The summed E-state index contributed by atoms with van der Waals surface area (Å²) in [7, 11) is 0. The predicted octanol–water partition coefficient (Wildman–Crippen LogP) is 1.75. The van der Waals surface area contributed by atoms with Crippen molar-refractivity contribution in [1.82, 2.24) is 9.97 Å². The molecule has 2 aromatic rings. The quantitative estimate of drug-likeness (QED) is 0.827. The first kappa shape index (κ1) is 9.27. The van der Waals surface area contributed by atoms with E-state index in [1.165, 1.54) is 6.33 Å². The van der Waals surface area contributed by atoms with E-state index in [1.54, 1.807) is 0 Å². The van der Waals surface area contributed by atoms with Crippen molar-refractivity contribution in [3.63, 3.8) is 0 Å². The van der Waals surface area contributed by atoms with Crippen molar-refractivity contribution in [2.75, 3.05) is 0 Å². The van der Waals surface area contributed by atoms with Crippen molar-refractivity contribution < 1.29 is 9.90 Å². The van der Waals surface area contributed by atoms with Crippen LogP contribution >= 0.6 is 0 Å². The summed E-state index contributed by atoms with van der Waals surface area (Å²) >= 11 is 0. The third kappa shape index (κ3) is 1.13. The Hall–Kier alpha value is -1.97. The van der Waals surface area contributed by atoms with Crippen molar-refractivity contribution in [2.24, 2.45) is 0 Å². The fourth-order valence-corrected chi connectivity index (χ4v) is 2.06. The fourth-order valence-electron chi connectivity index (χ4n) is 2.06. The molecule has 1 aliphatic carbocycles. The highest BCUT2D eigenvalue weighted by Gasteiger charge is 2.53. The highest BCUT2D eigenvalue weighted by Crippen LogP contribution is 2.49. The second-order valence-corrected chi connectivity index (χ2v) is 4.13. The Kier molecular flexibility index (Phi) is 1.74. The summed E-state index contributed by atoms with van der Waals surface area (Å²) in [5.74, 6) is -0.781. The van der Waals surface area contributed by atoms with E-state index in [1.807, 2.05) is 24.3 Å². The fraction of sp³-hybridized carbons (Fsp3) is 0.250. The summed E-state index contributed by atoms with van der Waals surface area (Å²) in [6.45, 7) is 0. The Balaban J connectivity index is 2.29. The molecule has 0 saturated heterocycles. The number of carboxylic acid groups (broad SMARTS) is 1. The predicted molar refractivity (Wildman–Crippen MR) is 58.1 cm³/mol. The molecule has 0 bridgehead atoms. The van der Waals surface area contributed by atoms with Gasteiger partial charge in [-0.1, -0.05) is 18.2 Å². The summed E-state index contributed by atoms with van der Waals surface area (Å²) in [5.41, 5.74) is 0.702. The molecule has 1 aromatic heterocycles. The zero-order valence-electron chi connectivity index (χ0n) is 8.55. The summed E-state index contributed by atoms with van der Waals surface area (Å²) in [6, 6.07) is 7.53. The van der Waals surface area contributed by atoms with Crippen molar-refractivity contribution in [3.8, 4) is 0 Å². The maximum Gasteiger partial charge on any atom is 0.315 e. The van der Waals surface area contributed by atoms with Gasteiger partial charge < -0.3 is 5.11 Å². The van der Waals surface area contributed by atoms with E-state index in [0.717, 1.165) is 10.9 Å². The lowest BCUT2D eigenvalue weighted by molar-refractivity contribution is -0.140. The molecule has 0 spiro atoms. The molecule has 16 heavy (non-hydrogen) atoms. The maximum atomic E-state index is 11.3. The average Bonchev–Trinajstić information content (AvgIpc) is 3.09. The molecule has 0 atom stereocenters. The highest BCUT2D eigenvalue weighted by atomic mass is 16.4. The molecular weight excluding hydrogens is 204 g/mol. The van der Waals surface area contributed by atoms with Crippen LogP contribution in [-0.2, 0) is 10.2 Å². The largest absolute Gasteiger partial charge is 0.481 e. The number of nitrogens with zero attached hydrogens (tertiary/aromatic N) is 2. The number of para-hydroxylation sites is 1. The number of hydrogen-bond acceptors (Lipinski definition) is 3. The van der Waals surface area contributed by atoms with E-state index in [4.69, 9.17) is 0 Å². The van der Waals surface area contributed by atoms with Gasteiger partial charge in [0.1, 0.15) is 11.7 Å². The van der Waals surface area contributed by atoms with Crippen LogP contribution in [0.2, 0.25) is 0 Å². The van der Waals surface area contributed by atoms with Gasteiger partial charge in [0.2, 0.25) is 0 Å². The van der Waals surface area contributed by atoms with Crippen LogP contribution in [0.15, 0.2) is 30.6 Å². The molecular formula is C12H10N2O2. The summed E-state index contributed by atoms with van der Waals surface area (Å²) < 4.78 is 0. The molecule has 0 radical (unpaired) electrons. The minimum Gasteiger partial charge on any atom is -0.481 e. The third-order valence-corrected chi connectivity index (χ3v) is 3.16. The van der Waals surface area contributed by atoms with Gasteiger partial charge in [0.25, 0.3) is 0 Å². The van der Waals surface area contributed by atoms with E-state index >= 15 is 0 Å². The first-order valence-corrected chi connectivity index (χ1v) is 5.18. The summed E-state index contributed by atoms with van der Waals surface area (Å²) in [4.78, 5) is 19.6. The Bertz CT molecular complexity index is 571. The van der Waals surface area contributed by atoms with E-state index in [2.05, 4.69) is 9.97 Å². The molecule has 3 rings (SSSR count). The Morgan fingerprint density at radius 2 is 2.00 bits per heavy atom. The molecule has 1 heterocycles. The Morgan fingerprint density at radius 1 is 1.25 bits per heavy atom. The minimum atomic E-state index is -0.781. The Labute approximate surface area is 92.0 Å². The van der Waals surface area contributed by atoms with Crippen LogP contribution in [0.3, 0.4) is 0 Å². The molecule has 4 heteroatoms. The van der Waals surface area contributed by atoms with Gasteiger partial charge >= 0.3 is 5.97 Å². The van der Waals surface area contributed by atoms with Crippen molar-refractivity contribution in [2.45, 2.75) is 18.3 Å². The summed E-state index contributed by atoms with van der Waals surface area (Å²) in [6.07, 6.45) is 2.79. The minimum absolute atomic E-state index is 0.658. The van der Waals surface area contributed by atoms with Crippen LogP contribution < -0.4 is 0 Å². The molecule has 4 nitrogen and oxygen atoms in total. The van der Waals surface area contributed by atoms with Gasteiger partial charge in [-0.05, 0) is 18.9 Å². The van der Waals surface area contributed by atoms with Gasteiger partial charge in [-0.2, -0.15) is 0 Å². The molecule has 1 N–H and O–H groups in total. The van der Waals surface area contributed by atoms with E-state index in [-0.39, 0.29) is 0 Å². The molecule has 0 aliphatic heterocycles. The number of carbonyl (C=O) groups is 1. The van der Waals surface area contributed by atoms with Gasteiger partial charge in [-0.25, -0.2) is 9.97 Å².